The summed E-state index contributed by atoms with van der Waals surface area (Å²) in [6, 6.07) is 53.1. The van der Waals surface area contributed by atoms with Gasteiger partial charge < -0.3 is 9.47 Å². The number of hydrogen-bond acceptors (Lipinski definition) is 1. The Morgan fingerprint density at radius 1 is 0.477 bits per heavy atom. The molecule has 0 N–H and O–H groups in total. The van der Waals surface area contributed by atoms with Crippen molar-refractivity contribution in [2.75, 3.05) is 4.90 Å². The van der Waals surface area contributed by atoms with Gasteiger partial charge in [0.1, 0.15) is 0 Å². The highest BCUT2D eigenvalue weighted by molar-refractivity contribution is 6.09. The maximum atomic E-state index is 2.47. The first-order chi connectivity index (χ1) is 21.4. The summed E-state index contributed by atoms with van der Waals surface area (Å²) >= 11 is 0. The first-order valence-corrected chi connectivity index (χ1v) is 15.6. The summed E-state index contributed by atoms with van der Waals surface area (Å²) in [4.78, 5) is 2.37. The van der Waals surface area contributed by atoms with E-state index >= 15 is 0 Å². The van der Waals surface area contributed by atoms with Crippen LogP contribution in [-0.2, 0) is 12.0 Å². The first-order valence-electron chi connectivity index (χ1n) is 15.6. The van der Waals surface area contributed by atoms with Gasteiger partial charge in [0.05, 0.1) is 0 Å². The van der Waals surface area contributed by atoms with Crippen LogP contribution in [0.2, 0.25) is 0 Å². The number of aromatic nitrogens is 1. The van der Waals surface area contributed by atoms with Crippen molar-refractivity contribution >= 4 is 38.9 Å². The van der Waals surface area contributed by atoms with Gasteiger partial charge in [0.25, 0.3) is 0 Å². The molecule has 2 nitrogen and oxygen atoms in total. The zero-order chi connectivity index (χ0) is 30.3. The third-order valence-corrected chi connectivity index (χ3v) is 8.59. The van der Waals surface area contributed by atoms with E-state index in [4.69, 9.17) is 0 Å². The summed E-state index contributed by atoms with van der Waals surface area (Å²) < 4.78 is 2.47. The Labute approximate surface area is 260 Å². The summed E-state index contributed by atoms with van der Waals surface area (Å²) in [6.07, 6.45) is 0.999. The summed E-state index contributed by atoms with van der Waals surface area (Å²) in [5.41, 5.74) is 12.2. The number of benzene rings is 6. The van der Waals surface area contributed by atoms with E-state index in [1.54, 1.807) is 0 Å². The van der Waals surface area contributed by atoms with Gasteiger partial charge in [-0.2, -0.15) is 0 Å². The van der Waals surface area contributed by atoms with Crippen LogP contribution >= 0.6 is 0 Å². The zero-order valence-corrected chi connectivity index (χ0v) is 26.0. The van der Waals surface area contributed by atoms with Crippen LogP contribution in [0.25, 0.3) is 44.1 Å². The Morgan fingerprint density at radius 2 is 1.07 bits per heavy atom. The predicted octanol–water partition coefficient (Wildman–Crippen LogP) is 11.9. The molecule has 0 aliphatic heterocycles. The Balaban J connectivity index is 1.32. The number of rotatable bonds is 6. The molecule has 0 atom stereocenters. The molecule has 0 unspecified atom stereocenters. The molecular formula is C42H38N2. The Hall–Kier alpha value is -5.08. The van der Waals surface area contributed by atoms with E-state index in [1.165, 1.54) is 55.3 Å². The largest absolute Gasteiger partial charge is 0.335 e. The second kappa shape index (κ2) is 11.2. The monoisotopic (exact) mass is 570 g/mol. The van der Waals surface area contributed by atoms with Crippen molar-refractivity contribution in [3.63, 3.8) is 0 Å². The number of anilines is 3. The average Bonchev–Trinajstić information content (AvgIpc) is 3.40. The number of nitrogens with zero attached hydrogens (tertiary/aromatic N) is 2. The van der Waals surface area contributed by atoms with Crippen molar-refractivity contribution in [1.82, 2.24) is 4.57 Å². The highest BCUT2D eigenvalue weighted by atomic mass is 15.1. The highest BCUT2D eigenvalue weighted by Crippen LogP contribution is 2.39. The molecule has 6 aromatic carbocycles. The molecule has 0 saturated heterocycles. The van der Waals surface area contributed by atoms with Crippen LogP contribution in [0.1, 0.15) is 33.3 Å². The Bertz CT molecular complexity index is 2080. The highest BCUT2D eigenvalue weighted by Gasteiger charge is 2.21. The molecule has 2 heteroatoms. The molecule has 1 aromatic heterocycles. The summed E-state index contributed by atoms with van der Waals surface area (Å²) in [7, 11) is 0. The minimum atomic E-state index is -0.0130. The molecule has 216 valence electrons. The van der Waals surface area contributed by atoms with E-state index in [-0.39, 0.29) is 5.54 Å². The molecule has 0 amide bonds. The molecule has 0 aliphatic rings. The number of para-hydroxylation sites is 1. The lowest BCUT2D eigenvalue weighted by molar-refractivity contribution is 0.423. The van der Waals surface area contributed by atoms with Crippen LogP contribution in [0.4, 0.5) is 17.1 Å². The Morgan fingerprint density at radius 3 is 1.82 bits per heavy atom. The average molecular weight is 571 g/mol. The first kappa shape index (κ1) is 27.7. The molecule has 0 saturated carbocycles. The molecule has 7 aromatic rings. The predicted molar refractivity (Wildman–Crippen MR) is 189 cm³/mol. The molecule has 0 aliphatic carbocycles. The van der Waals surface area contributed by atoms with E-state index in [1.807, 2.05) is 0 Å². The summed E-state index contributed by atoms with van der Waals surface area (Å²) in [5, 5.41) is 2.60. The molecule has 0 spiro atoms. The third-order valence-electron chi connectivity index (χ3n) is 8.59. The second-order valence-electron chi connectivity index (χ2n) is 12.6. The molecular weight excluding hydrogens is 532 g/mol. The second-order valence-corrected chi connectivity index (χ2v) is 12.6. The van der Waals surface area contributed by atoms with Crippen LogP contribution in [0, 0.1) is 0 Å². The fourth-order valence-corrected chi connectivity index (χ4v) is 6.50. The van der Waals surface area contributed by atoms with E-state index in [9.17, 15) is 0 Å². The minimum Gasteiger partial charge on any atom is -0.335 e. The van der Waals surface area contributed by atoms with Gasteiger partial charge in [0.2, 0.25) is 0 Å². The summed E-state index contributed by atoms with van der Waals surface area (Å²) in [5.74, 6) is 0. The molecule has 1 heterocycles. The van der Waals surface area contributed by atoms with Crippen LogP contribution in [-0.4, -0.2) is 4.57 Å². The fourth-order valence-electron chi connectivity index (χ4n) is 6.50. The van der Waals surface area contributed by atoms with Crippen LogP contribution in [0.5, 0.6) is 0 Å². The lowest BCUT2D eigenvalue weighted by Gasteiger charge is -2.26. The van der Waals surface area contributed by atoms with Gasteiger partial charge in [-0.25, -0.2) is 0 Å². The van der Waals surface area contributed by atoms with Gasteiger partial charge in [-0.3, -0.25) is 0 Å². The smallest absolute Gasteiger partial charge is 0.0496 e. The van der Waals surface area contributed by atoms with E-state index in [0.717, 1.165) is 17.8 Å². The Kier molecular flexibility index (Phi) is 7.06. The topological polar surface area (TPSA) is 8.17 Å². The van der Waals surface area contributed by atoms with Crippen molar-refractivity contribution in [3.8, 4) is 22.3 Å². The zero-order valence-electron chi connectivity index (χ0n) is 26.0. The number of aryl methyl sites for hydroxylation is 1. The SMILES string of the molecule is CCc1cccc(N(c2ccc(-c3ccc4c(c3)c3ccccc3n4C(C)(C)C)cc2)c2cccc(-c3ccccc3)c2)c1. The van der Waals surface area contributed by atoms with E-state index < -0.39 is 0 Å². The minimum absolute atomic E-state index is 0.0130. The fraction of sp³-hybridized carbons (Fsp3) is 0.143. The van der Waals surface area contributed by atoms with Gasteiger partial charge >= 0.3 is 0 Å². The third kappa shape index (κ3) is 5.07. The maximum absolute atomic E-state index is 2.47. The van der Waals surface area contributed by atoms with Gasteiger partial charge in [-0.15, -0.1) is 0 Å². The van der Waals surface area contributed by atoms with Gasteiger partial charge in [-0.05, 0) is 110 Å². The van der Waals surface area contributed by atoms with Crippen molar-refractivity contribution in [2.24, 2.45) is 0 Å². The maximum Gasteiger partial charge on any atom is 0.0496 e. The molecule has 0 bridgehead atoms. The number of fused-ring (bicyclic) bond motifs is 3. The van der Waals surface area contributed by atoms with Crippen LogP contribution < -0.4 is 4.90 Å². The lowest BCUT2D eigenvalue weighted by atomic mass is 10.0. The van der Waals surface area contributed by atoms with Crippen molar-refractivity contribution in [1.29, 1.82) is 0 Å². The van der Waals surface area contributed by atoms with Gasteiger partial charge in [0.15, 0.2) is 0 Å². The number of hydrogen-bond donors (Lipinski definition) is 0. The van der Waals surface area contributed by atoms with Gasteiger partial charge in [-0.1, -0.05) is 97.9 Å². The van der Waals surface area contributed by atoms with Gasteiger partial charge in [0, 0.05) is 44.4 Å². The molecule has 0 fully saturated rings. The molecule has 44 heavy (non-hydrogen) atoms. The molecule has 0 radical (unpaired) electrons. The van der Waals surface area contributed by atoms with Crippen molar-refractivity contribution in [3.05, 3.63) is 151 Å². The van der Waals surface area contributed by atoms with Crippen molar-refractivity contribution < 1.29 is 0 Å². The normalized spacial score (nSPS) is 11.7. The quantitative estimate of drug-likeness (QED) is 0.193. The van der Waals surface area contributed by atoms with E-state index in [2.05, 4.69) is 183 Å². The lowest BCUT2D eigenvalue weighted by Crippen LogP contribution is -2.21. The molecule has 7 rings (SSSR count). The summed E-state index contributed by atoms with van der Waals surface area (Å²) in [6.45, 7) is 9.05. The standard InChI is InChI=1S/C42H38N2/c1-5-30-13-11-17-36(27-30)43(37-18-12-16-33(28-37)31-14-7-6-8-15-31)35-24-21-32(22-25-35)34-23-26-41-39(29-34)38-19-9-10-20-40(38)44(41)42(2,3)4/h6-29H,5H2,1-4H3. The van der Waals surface area contributed by atoms with Crippen LogP contribution in [0.15, 0.2) is 146 Å². The van der Waals surface area contributed by atoms with E-state index in [0.29, 0.717) is 0 Å². The van der Waals surface area contributed by atoms with Crippen LogP contribution in [0.3, 0.4) is 0 Å². The van der Waals surface area contributed by atoms with Crippen molar-refractivity contribution in [2.45, 2.75) is 39.7 Å².